The highest BCUT2D eigenvalue weighted by molar-refractivity contribution is 7.47. The van der Waals surface area contributed by atoms with Crippen molar-refractivity contribution in [1.82, 2.24) is 0 Å². The predicted molar refractivity (Wildman–Crippen MR) is 316 cm³/mol. The molecule has 0 amide bonds. The third-order valence-electron chi connectivity index (χ3n) is 14.0. The number of carbonyl (C=O) groups is 3. The van der Waals surface area contributed by atoms with Gasteiger partial charge in [-0.3, -0.25) is 23.4 Å². The molecule has 0 aromatic rings. The number of rotatable bonds is 60. The summed E-state index contributed by atoms with van der Waals surface area (Å²) in [5.74, 6) is -1.45. The standard InChI is InChI=1S/C64H119O11P/c1-4-7-10-13-16-19-22-25-28-29-30-31-34-37-40-43-46-49-52-55-64(68)75-61(57-71-62(66)53-50-47-44-41-38-35-32-26-23-20-17-14-11-8-5-2)59-73-76(69,70)72-58-60(56-65)74-63(67)54-51-48-45-42-39-36-33-27-24-21-18-15-12-9-6-3/h16,19,25-26,28,32,60-61,65H,4-15,17-18,20-24,27,29-31,33-59H2,1-3H3,(H,69,70)/b19-16-,28-25-,32-26-. The molecule has 3 unspecified atom stereocenters. The number of allylic oxidation sites excluding steroid dienone is 6. The summed E-state index contributed by atoms with van der Waals surface area (Å²) in [6, 6.07) is 0. The molecule has 2 N–H and O–H groups in total. The third-order valence-corrected chi connectivity index (χ3v) is 15.0. The molecule has 3 atom stereocenters. The van der Waals surface area contributed by atoms with Crippen LogP contribution >= 0.6 is 7.82 Å². The predicted octanol–water partition coefficient (Wildman–Crippen LogP) is 19.2. The van der Waals surface area contributed by atoms with E-state index in [1.54, 1.807) is 0 Å². The minimum Gasteiger partial charge on any atom is -0.462 e. The fourth-order valence-electron chi connectivity index (χ4n) is 9.15. The van der Waals surface area contributed by atoms with Crippen molar-refractivity contribution in [2.24, 2.45) is 0 Å². The van der Waals surface area contributed by atoms with Gasteiger partial charge in [0, 0.05) is 19.3 Å². The average Bonchev–Trinajstić information content (AvgIpc) is 3.41. The Labute approximate surface area is 467 Å². The van der Waals surface area contributed by atoms with Gasteiger partial charge in [-0.25, -0.2) is 4.57 Å². The van der Waals surface area contributed by atoms with Crippen LogP contribution in [0.2, 0.25) is 0 Å². The van der Waals surface area contributed by atoms with Crippen LogP contribution in [-0.2, 0) is 42.2 Å². The maximum atomic E-state index is 12.9. The van der Waals surface area contributed by atoms with Crippen LogP contribution in [0.1, 0.15) is 316 Å². The summed E-state index contributed by atoms with van der Waals surface area (Å²) in [5.41, 5.74) is 0. The Hall–Kier alpha value is -2.30. The molecule has 0 aromatic carbocycles. The SMILES string of the molecule is CCCCC/C=C\C/C=C\CCCCCCCCCCCC(=O)OC(COC(=O)CCCCCCC/C=C\CCCCCCCC)COP(=O)(O)OCC(CO)OC(=O)CCCCCCCCCCCCCCCCC. The first kappa shape index (κ1) is 73.7. The fraction of sp³-hybridized carbons (Fsp3) is 0.859. The van der Waals surface area contributed by atoms with E-state index in [0.717, 1.165) is 89.9 Å². The molecule has 0 heterocycles. The van der Waals surface area contributed by atoms with Crippen molar-refractivity contribution in [2.45, 2.75) is 328 Å². The number of hydrogen-bond donors (Lipinski definition) is 2. The highest BCUT2D eigenvalue weighted by Crippen LogP contribution is 2.43. The van der Waals surface area contributed by atoms with Gasteiger partial charge in [-0.1, -0.05) is 256 Å². The lowest BCUT2D eigenvalue weighted by Crippen LogP contribution is -2.30. The number of hydrogen-bond acceptors (Lipinski definition) is 10. The molecule has 0 aliphatic carbocycles. The fourth-order valence-corrected chi connectivity index (χ4v) is 9.93. The summed E-state index contributed by atoms with van der Waals surface area (Å²) in [6.07, 6.45) is 62.3. The lowest BCUT2D eigenvalue weighted by molar-refractivity contribution is -0.161. The molecule has 11 nitrogen and oxygen atoms in total. The molecule has 76 heavy (non-hydrogen) atoms. The Morgan fingerprint density at radius 1 is 0.368 bits per heavy atom. The van der Waals surface area contributed by atoms with E-state index >= 15 is 0 Å². The van der Waals surface area contributed by atoms with Gasteiger partial charge in [0.25, 0.3) is 0 Å². The van der Waals surface area contributed by atoms with Gasteiger partial charge in [0.2, 0.25) is 0 Å². The number of aliphatic hydroxyl groups excluding tert-OH is 1. The molecule has 0 spiro atoms. The summed E-state index contributed by atoms with van der Waals surface area (Å²) in [7, 11) is -4.75. The normalized spacial score (nSPS) is 13.5. The first-order valence-corrected chi connectivity index (χ1v) is 33.4. The van der Waals surface area contributed by atoms with E-state index in [9.17, 15) is 28.9 Å². The number of phosphoric ester groups is 1. The molecular formula is C64H119O11P. The molecule has 0 aromatic heterocycles. The van der Waals surface area contributed by atoms with Crippen LogP contribution < -0.4 is 0 Å². The first-order chi connectivity index (χ1) is 37.2. The van der Waals surface area contributed by atoms with Crippen molar-refractivity contribution < 1.29 is 52.2 Å². The van der Waals surface area contributed by atoms with E-state index in [0.29, 0.717) is 19.3 Å². The molecule has 0 fully saturated rings. The summed E-state index contributed by atoms with van der Waals surface area (Å²) in [4.78, 5) is 48.7. The molecule has 0 aliphatic heterocycles. The lowest BCUT2D eigenvalue weighted by atomic mass is 10.0. The van der Waals surface area contributed by atoms with Crippen molar-refractivity contribution in [2.75, 3.05) is 26.4 Å². The summed E-state index contributed by atoms with van der Waals surface area (Å²) in [5, 5.41) is 9.84. The number of carbonyl (C=O) groups excluding carboxylic acids is 3. The van der Waals surface area contributed by atoms with Crippen LogP contribution in [0.4, 0.5) is 0 Å². The van der Waals surface area contributed by atoms with E-state index in [-0.39, 0.29) is 25.9 Å². The second kappa shape index (κ2) is 58.8. The van der Waals surface area contributed by atoms with Crippen molar-refractivity contribution in [3.63, 3.8) is 0 Å². The summed E-state index contributed by atoms with van der Waals surface area (Å²) in [6.45, 7) is 4.67. The Morgan fingerprint density at radius 2 is 0.645 bits per heavy atom. The van der Waals surface area contributed by atoms with Crippen molar-refractivity contribution in [3.8, 4) is 0 Å². The second-order valence-corrected chi connectivity index (χ2v) is 23.0. The number of esters is 3. The van der Waals surface area contributed by atoms with Crippen LogP contribution in [0.3, 0.4) is 0 Å². The smallest absolute Gasteiger partial charge is 0.462 e. The highest BCUT2D eigenvalue weighted by Gasteiger charge is 2.28. The van der Waals surface area contributed by atoms with Gasteiger partial charge in [-0.15, -0.1) is 0 Å². The zero-order valence-corrected chi connectivity index (χ0v) is 50.4. The Morgan fingerprint density at radius 3 is 1.01 bits per heavy atom. The van der Waals surface area contributed by atoms with Crippen LogP contribution in [0, 0.1) is 0 Å². The lowest BCUT2D eigenvalue weighted by Gasteiger charge is -2.21. The number of ether oxygens (including phenoxy) is 3. The maximum Gasteiger partial charge on any atom is 0.472 e. The molecule has 446 valence electrons. The number of phosphoric acid groups is 1. The van der Waals surface area contributed by atoms with Crippen LogP contribution in [0.5, 0.6) is 0 Å². The molecule has 0 rings (SSSR count). The van der Waals surface area contributed by atoms with E-state index in [1.807, 2.05) is 0 Å². The van der Waals surface area contributed by atoms with Gasteiger partial charge in [0.1, 0.15) is 12.7 Å². The van der Waals surface area contributed by atoms with Crippen molar-refractivity contribution in [3.05, 3.63) is 36.5 Å². The van der Waals surface area contributed by atoms with Gasteiger partial charge >= 0.3 is 25.7 Å². The first-order valence-electron chi connectivity index (χ1n) is 31.9. The van der Waals surface area contributed by atoms with E-state index in [1.165, 1.54) is 167 Å². The summed E-state index contributed by atoms with van der Waals surface area (Å²) >= 11 is 0. The number of aliphatic hydroxyl groups is 1. The zero-order valence-electron chi connectivity index (χ0n) is 49.5. The van der Waals surface area contributed by atoms with Crippen LogP contribution in [-0.4, -0.2) is 66.5 Å². The summed E-state index contributed by atoms with van der Waals surface area (Å²) < 4.78 is 39.7. The monoisotopic (exact) mass is 1090 g/mol. The van der Waals surface area contributed by atoms with Gasteiger partial charge in [0.05, 0.1) is 19.8 Å². The van der Waals surface area contributed by atoms with Gasteiger partial charge in [0.15, 0.2) is 6.10 Å². The second-order valence-electron chi connectivity index (χ2n) is 21.6. The van der Waals surface area contributed by atoms with Crippen LogP contribution in [0.25, 0.3) is 0 Å². The molecule has 0 radical (unpaired) electrons. The average molecular weight is 1100 g/mol. The van der Waals surface area contributed by atoms with Crippen LogP contribution in [0.15, 0.2) is 36.5 Å². The van der Waals surface area contributed by atoms with Crippen molar-refractivity contribution >= 4 is 25.7 Å². The quantitative estimate of drug-likeness (QED) is 0.0197. The third kappa shape index (κ3) is 56.4. The minimum atomic E-state index is -4.75. The largest absolute Gasteiger partial charge is 0.472 e. The van der Waals surface area contributed by atoms with Gasteiger partial charge in [-0.05, 0) is 77.0 Å². The molecular weight excluding hydrogens is 976 g/mol. The van der Waals surface area contributed by atoms with Crippen molar-refractivity contribution in [1.29, 1.82) is 0 Å². The Bertz CT molecular complexity index is 1420. The molecule has 0 saturated heterocycles. The Kier molecular flexibility index (Phi) is 57.1. The number of unbranched alkanes of at least 4 members (excludes halogenated alkanes) is 37. The Balaban J connectivity index is 4.68. The molecule has 12 heteroatoms. The van der Waals surface area contributed by atoms with Gasteiger partial charge in [-0.2, -0.15) is 0 Å². The van der Waals surface area contributed by atoms with E-state index in [4.69, 9.17) is 23.3 Å². The highest BCUT2D eigenvalue weighted by atomic mass is 31.2. The van der Waals surface area contributed by atoms with Gasteiger partial charge < -0.3 is 24.2 Å². The minimum absolute atomic E-state index is 0.164. The molecule has 0 saturated carbocycles. The molecule has 0 aliphatic rings. The maximum absolute atomic E-state index is 12.9. The van der Waals surface area contributed by atoms with E-state index in [2.05, 4.69) is 57.2 Å². The zero-order chi connectivity index (χ0) is 55.5. The topological polar surface area (TPSA) is 155 Å². The molecule has 0 bridgehead atoms. The van der Waals surface area contributed by atoms with E-state index < -0.39 is 57.8 Å².